The fraction of sp³-hybridized carbons (Fsp3) is 0.520. The molecule has 1 N–H and O–H groups in total. The Balaban J connectivity index is 1.68. The van der Waals surface area contributed by atoms with Crippen LogP contribution in [0.5, 0.6) is 5.75 Å². The Morgan fingerprint density at radius 1 is 0.964 bits per heavy atom. The van der Waals surface area contributed by atoms with E-state index in [-0.39, 0.29) is 5.92 Å². The number of rotatable bonds is 8. The third kappa shape index (κ3) is 5.59. The van der Waals surface area contributed by atoms with E-state index in [2.05, 4.69) is 55.4 Å². The predicted molar refractivity (Wildman–Crippen MR) is 116 cm³/mol. The molecule has 0 spiro atoms. The average molecular weight is 382 g/mol. The second-order valence-corrected chi connectivity index (χ2v) is 8.67. The average Bonchev–Trinajstić information content (AvgIpc) is 2.69. The van der Waals surface area contributed by atoms with Crippen molar-refractivity contribution in [1.82, 2.24) is 4.90 Å². The number of benzene rings is 2. The van der Waals surface area contributed by atoms with Gasteiger partial charge in [-0.2, -0.15) is 0 Å². The van der Waals surface area contributed by atoms with Crippen LogP contribution in [0.4, 0.5) is 0 Å². The van der Waals surface area contributed by atoms with Gasteiger partial charge in [0.1, 0.15) is 5.75 Å². The second kappa shape index (κ2) is 9.58. The molecule has 0 saturated heterocycles. The summed E-state index contributed by atoms with van der Waals surface area (Å²) in [6.07, 6.45) is 7.30. The van der Waals surface area contributed by atoms with E-state index in [4.69, 9.17) is 4.74 Å². The molecular weight excluding hydrogens is 346 g/mol. The topological polar surface area (TPSA) is 32.7 Å². The standard InChI is InChI=1S/C25H35NO2/c1-26(2)19-23(25(27)14-5-4-6-15-25)17-21-12-10-20(11-13-21)16-22-8-7-9-24(18-22)28-3/h7-13,18,23,27H,4-6,14-17,19H2,1-3H3. The molecular formula is C25H35NO2. The Morgan fingerprint density at radius 3 is 2.29 bits per heavy atom. The molecule has 0 radical (unpaired) electrons. The maximum absolute atomic E-state index is 11.3. The number of hydrogen-bond donors (Lipinski definition) is 1. The summed E-state index contributed by atoms with van der Waals surface area (Å²) >= 11 is 0. The first-order valence-corrected chi connectivity index (χ1v) is 10.6. The van der Waals surface area contributed by atoms with Crippen molar-refractivity contribution in [3.05, 3.63) is 65.2 Å². The molecule has 2 aromatic rings. The molecule has 3 rings (SSSR count). The van der Waals surface area contributed by atoms with Gasteiger partial charge in [-0.05, 0) is 68.6 Å². The summed E-state index contributed by atoms with van der Waals surface area (Å²) in [6, 6.07) is 17.2. The molecule has 0 amide bonds. The third-order valence-corrected chi connectivity index (χ3v) is 6.11. The van der Waals surface area contributed by atoms with Crippen molar-refractivity contribution < 1.29 is 9.84 Å². The van der Waals surface area contributed by atoms with E-state index in [1.54, 1.807) is 7.11 Å². The first-order chi connectivity index (χ1) is 13.5. The van der Waals surface area contributed by atoms with Gasteiger partial charge in [0, 0.05) is 12.5 Å². The molecule has 2 aromatic carbocycles. The minimum Gasteiger partial charge on any atom is -0.497 e. The lowest BCUT2D eigenvalue weighted by atomic mass is 9.73. The minimum atomic E-state index is -0.512. The largest absolute Gasteiger partial charge is 0.497 e. The molecule has 1 atom stereocenters. The van der Waals surface area contributed by atoms with E-state index in [1.807, 2.05) is 12.1 Å². The lowest BCUT2D eigenvalue weighted by Crippen LogP contribution is -2.45. The molecule has 0 aromatic heterocycles. The van der Waals surface area contributed by atoms with Crippen molar-refractivity contribution in [2.75, 3.05) is 27.7 Å². The summed E-state index contributed by atoms with van der Waals surface area (Å²) in [7, 11) is 5.92. The molecule has 0 bridgehead atoms. The van der Waals surface area contributed by atoms with Crippen molar-refractivity contribution in [3.63, 3.8) is 0 Å². The highest BCUT2D eigenvalue weighted by molar-refractivity contribution is 5.33. The molecule has 1 aliphatic rings. The van der Waals surface area contributed by atoms with Crippen molar-refractivity contribution in [2.24, 2.45) is 5.92 Å². The maximum Gasteiger partial charge on any atom is 0.119 e. The molecule has 1 fully saturated rings. The van der Waals surface area contributed by atoms with Gasteiger partial charge >= 0.3 is 0 Å². The maximum atomic E-state index is 11.3. The quantitative estimate of drug-likeness (QED) is 0.719. The van der Waals surface area contributed by atoms with Crippen molar-refractivity contribution >= 4 is 0 Å². The SMILES string of the molecule is COc1cccc(Cc2ccc(CC(CN(C)C)C3(O)CCCCC3)cc2)c1. The Kier molecular flexibility index (Phi) is 7.14. The van der Waals surface area contributed by atoms with E-state index < -0.39 is 5.60 Å². The molecule has 3 nitrogen and oxygen atoms in total. The fourth-order valence-electron chi connectivity index (χ4n) is 4.53. The van der Waals surface area contributed by atoms with Gasteiger partial charge in [-0.15, -0.1) is 0 Å². The second-order valence-electron chi connectivity index (χ2n) is 8.67. The molecule has 3 heteroatoms. The summed E-state index contributed by atoms with van der Waals surface area (Å²) in [5.41, 5.74) is 3.37. The first-order valence-electron chi connectivity index (χ1n) is 10.6. The van der Waals surface area contributed by atoms with Crippen LogP contribution in [0, 0.1) is 5.92 Å². The summed E-state index contributed by atoms with van der Waals surface area (Å²) in [5, 5.41) is 11.3. The zero-order valence-electron chi connectivity index (χ0n) is 17.7. The van der Waals surface area contributed by atoms with Crippen LogP contribution >= 0.6 is 0 Å². The molecule has 1 unspecified atom stereocenters. The summed E-state index contributed by atoms with van der Waals surface area (Å²) < 4.78 is 5.33. The number of methoxy groups -OCH3 is 1. The minimum absolute atomic E-state index is 0.284. The van der Waals surface area contributed by atoms with Crippen LogP contribution in [0.15, 0.2) is 48.5 Å². The van der Waals surface area contributed by atoms with Crippen LogP contribution in [-0.4, -0.2) is 43.4 Å². The Morgan fingerprint density at radius 2 is 1.64 bits per heavy atom. The number of hydrogen-bond acceptors (Lipinski definition) is 3. The first kappa shape index (κ1) is 20.9. The lowest BCUT2D eigenvalue weighted by Gasteiger charge is -2.40. The van der Waals surface area contributed by atoms with Gasteiger partial charge in [-0.3, -0.25) is 0 Å². The van der Waals surface area contributed by atoms with E-state index in [0.717, 1.165) is 50.8 Å². The van der Waals surface area contributed by atoms with Crippen molar-refractivity contribution in [3.8, 4) is 5.75 Å². The number of aliphatic hydroxyl groups is 1. The van der Waals surface area contributed by atoms with Gasteiger partial charge in [-0.1, -0.05) is 55.7 Å². The van der Waals surface area contributed by atoms with Crippen LogP contribution < -0.4 is 4.74 Å². The van der Waals surface area contributed by atoms with Gasteiger partial charge in [0.2, 0.25) is 0 Å². The van der Waals surface area contributed by atoms with Gasteiger partial charge in [0.25, 0.3) is 0 Å². The summed E-state index contributed by atoms with van der Waals surface area (Å²) in [4.78, 5) is 2.22. The molecule has 0 heterocycles. The van der Waals surface area contributed by atoms with Gasteiger partial charge in [0.15, 0.2) is 0 Å². The Bertz CT molecular complexity index is 732. The highest BCUT2D eigenvalue weighted by atomic mass is 16.5. The van der Waals surface area contributed by atoms with E-state index in [1.165, 1.54) is 23.1 Å². The van der Waals surface area contributed by atoms with Crippen LogP contribution in [0.2, 0.25) is 0 Å². The number of nitrogens with zero attached hydrogens (tertiary/aromatic N) is 1. The zero-order chi connectivity index (χ0) is 20.0. The predicted octanol–water partition coefficient (Wildman–Crippen LogP) is 4.70. The Labute approximate surface area is 170 Å². The monoisotopic (exact) mass is 381 g/mol. The number of ether oxygens (including phenoxy) is 1. The lowest BCUT2D eigenvalue weighted by molar-refractivity contribution is -0.0560. The normalized spacial score (nSPS) is 17.5. The van der Waals surface area contributed by atoms with Crippen LogP contribution in [0.25, 0.3) is 0 Å². The molecule has 152 valence electrons. The molecule has 1 aliphatic carbocycles. The molecule has 28 heavy (non-hydrogen) atoms. The molecule has 0 aliphatic heterocycles. The van der Waals surface area contributed by atoms with Crippen LogP contribution in [-0.2, 0) is 12.8 Å². The van der Waals surface area contributed by atoms with E-state index in [9.17, 15) is 5.11 Å². The summed E-state index contributed by atoms with van der Waals surface area (Å²) in [6.45, 7) is 0.933. The molecule has 1 saturated carbocycles. The fourth-order valence-corrected chi connectivity index (χ4v) is 4.53. The van der Waals surface area contributed by atoms with Crippen LogP contribution in [0.3, 0.4) is 0 Å². The third-order valence-electron chi connectivity index (χ3n) is 6.11. The summed E-state index contributed by atoms with van der Waals surface area (Å²) in [5.74, 6) is 1.19. The van der Waals surface area contributed by atoms with Gasteiger partial charge in [-0.25, -0.2) is 0 Å². The van der Waals surface area contributed by atoms with Gasteiger partial charge < -0.3 is 14.7 Å². The van der Waals surface area contributed by atoms with Crippen LogP contribution in [0.1, 0.15) is 48.8 Å². The zero-order valence-corrected chi connectivity index (χ0v) is 17.7. The smallest absolute Gasteiger partial charge is 0.119 e. The van der Waals surface area contributed by atoms with E-state index >= 15 is 0 Å². The Hall–Kier alpha value is -1.84. The van der Waals surface area contributed by atoms with Crippen molar-refractivity contribution in [1.29, 1.82) is 0 Å². The van der Waals surface area contributed by atoms with E-state index in [0.29, 0.717) is 0 Å². The highest BCUT2D eigenvalue weighted by Gasteiger charge is 2.37. The van der Waals surface area contributed by atoms with Gasteiger partial charge in [0.05, 0.1) is 12.7 Å². The van der Waals surface area contributed by atoms with Crippen molar-refractivity contribution in [2.45, 2.75) is 50.5 Å². The highest BCUT2D eigenvalue weighted by Crippen LogP contribution is 2.36.